The minimum absolute atomic E-state index is 0.0435. The molecule has 1 aliphatic rings. The van der Waals surface area contributed by atoms with E-state index in [1.165, 1.54) is 0 Å². The van der Waals surface area contributed by atoms with Gasteiger partial charge in [0.15, 0.2) is 0 Å². The third kappa shape index (κ3) is 4.54. The van der Waals surface area contributed by atoms with Crippen LogP contribution in [0.2, 0.25) is 0 Å². The number of nitrogens with two attached hydrogens (primary N) is 1. The van der Waals surface area contributed by atoms with E-state index in [0.717, 1.165) is 18.9 Å². The third-order valence-corrected chi connectivity index (χ3v) is 4.54. The summed E-state index contributed by atoms with van der Waals surface area (Å²) in [7, 11) is -10.0. The van der Waals surface area contributed by atoms with Gasteiger partial charge < -0.3 is 15.8 Å². The van der Waals surface area contributed by atoms with Crippen molar-refractivity contribution in [2.45, 2.75) is 23.8 Å². The predicted octanol–water partition coefficient (Wildman–Crippen LogP) is 4.45. The highest BCUT2D eigenvalue weighted by Crippen LogP contribution is 3.02. The van der Waals surface area contributed by atoms with E-state index in [1.807, 2.05) is 6.79 Å². The van der Waals surface area contributed by atoms with E-state index in [1.54, 1.807) is 0 Å². The van der Waals surface area contributed by atoms with Crippen molar-refractivity contribution in [1.82, 2.24) is 0 Å². The summed E-state index contributed by atoms with van der Waals surface area (Å²) in [5.41, 5.74) is 5.46. The van der Waals surface area contributed by atoms with Crippen LogP contribution in [0, 0.1) is 11.7 Å². The molecule has 0 spiro atoms. The molecule has 3 nitrogen and oxygen atoms in total. The molecule has 1 aromatic carbocycles. The molecule has 0 heterocycles. The highest BCUT2D eigenvalue weighted by atomic mass is 32.5. The highest BCUT2D eigenvalue weighted by molar-refractivity contribution is 8.45. The molecule has 0 aliphatic heterocycles. The van der Waals surface area contributed by atoms with Gasteiger partial charge in [-0.3, -0.25) is 0 Å². The first-order valence-electron chi connectivity index (χ1n) is 6.19. The van der Waals surface area contributed by atoms with Gasteiger partial charge >= 0.3 is 10.2 Å². The van der Waals surface area contributed by atoms with E-state index >= 15 is 0 Å². The molecule has 2 rings (SSSR count). The number of hydrogen-bond acceptors (Lipinski definition) is 3. The first-order valence-corrected chi connectivity index (χ1v) is 8.14. The van der Waals surface area contributed by atoms with Gasteiger partial charge in [-0.15, -0.1) is 0 Å². The number of carbonyl (C=O) groups excluding carboxylic acids is 1. The fraction of sp³-hybridized carbons (Fsp3) is 0.417. The van der Waals surface area contributed by atoms with Gasteiger partial charge in [-0.1, -0.05) is 19.4 Å². The van der Waals surface area contributed by atoms with E-state index in [4.69, 9.17) is 10.5 Å². The molecular formula is C12H16F6N2OS. The zero-order valence-corrected chi connectivity index (χ0v) is 12.2. The lowest BCUT2D eigenvalue weighted by atomic mass is 9.80. The van der Waals surface area contributed by atoms with E-state index in [0.29, 0.717) is 6.07 Å². The number of nitrogens with one attached hydrogen (secondary N) is 1. The number of hydrogen-bond donors (Lipinski definition) is 2. The molecule has 22 heavy (non-hydrogen) atoms. The van der Waals surface area contributed by atoms with Gasteiger partial charge in [-0.2, -0.15) is 0 Å². The molecule has 0 amide bonds. The molecule has 0 saturated heterocycles. The largest absolute Gasteiger partial charge is 0.385 e. The van der Waals surface area contributed by atoms with Crippen LogP contribution in [0.25, 0.3) is 0 Å². The standard InChI is InChI=1S/C11H14F6N2S.CH2O/c12-9-3-2-8(19-6-7-1-4-10(7)18)5-11(9)20(13,14,15,16)17;1-2/h2-3,5,7,10,19H,1,4,6,18H2;1H2. The topological polar surface area (TPSA) is 55.1 Å². The normalized spacial score (nSPS) is 24.1. The first-order chi connectivity index (χ1) is 9.86. The number of carbonyl (C=O) groups is 1. The lowest BCUT2D eigenvalue weighted by molar-refractivity contribution is -0.0980. The minimum Gasteiger partial charge on any atom is -0.385 e. The molecule has 1 aromatic rings. The van der Waals surface area contributed by atoms with E-state index in [2.05, 4.69) is 5.32 Å². The summed E-state index contributed by atoms with van der Waals surface area (Å²) >= 11 is 0. The summed E-state index contributed by atoms with van der Waals surface area (Å²) in [5.74, 6) is -1.89. The Morgan fingerprint density at radius 1 is 1.18 bits per heavy atom. The Hall–Kier alpha value is -1.42. The number of halogens is 6. The summed E-state index contributed by atoms with van der Waals surface area (Å²) in [6, 6.07) is 1.45. The molecule has 10 heteroatoms. The Bertz CT molecular complexity index is 550. The van der Waals surface area contributed by atoms with E-state index in [-0.39, 0.29) is 30.3 Å². The molecule has 3 N–H and O–H groups in total. The quantitative estimate of drug-likeness (QED) is 0.789. The Labute approximate surface area is 123 Å². The van der Waals surface area contributed by atoms with Crippen LogP contribution in [0.15, 0.2) is 23.1 Å². The van der Waals surface area contributed by atoms with Crippen LogP contribution in [-0.2, 0) is 4.79 Å². The van der Waals surface area contributed by atoms with Crippen molar-refractivity contribution in [2.75, 3.05) is 11.9 Å². The maximum atomic E-state index is 13.1. The monoisotopic (exact) mass is 350 g/mol. The zero-order valence-electron chi connectivity index (χ0n) is 11.4. The summed E-state index contributed by atoms with van der Waals surface area (Å²) < 4.78 is 76.3. The lowest BCUT2D eigenvalue weighted by Crippen LogP contribution is -2.43. The summed E-state index contributed by atoms with van der Waals surface area (Å²) in [4.78, 5) is 5.51. The van der Waals surface area contributed by atoms with Crippen LogP contribution in [0.5, 0.6) is 0 Å². The van der Waals surface area contributed by atoms with Crippen LogP contribution >= 0.6 is 10.2 Å². The molecule has 1 saturated carbocycles. The second-order valence-corrected chi connectivity index (χ2v) is 7.37. The first kappa shape index (κ1) is 18.6. The Morgan fingerprint density at radius 3 is 2.18 bits per heavy atom. The SMILES string of the molecule is C=O.NC1CCC1CNc1ccc(F)c(S(F)(F)(F)(F)F)c1. The van der Waals surface area contributed by atoms with Crippen molar-refractivity contribution in [1.29, 1.82) is 0 Å². The molecule has 0 bridgehead atoms. The molecule has 2 unspecified atom stereocenters. The van der Waals surface area contributed by atoms with Gasteiger partial charge in [-0.05, 0) is 37.0 Å². The van der Waals surface area contributed by atoms with E-state index in [9.17, 15) is 23.8 Å². The lowest BCUT2D eigenvalue weighted by Gasteiger charge is -2.40. The Morgan fingerprint density at radius 2 is 1.77 bits per heavy atom. The fourth-order valence-electron chi connectivity index (χ4n) is 2.01. The second-order valence-electron chi connectivity index (χ2n) is 5.00. The van der Waals surface area contributed by atoms with Gasteiger partial charge in [0.1, 0.15) is 17.5 Å². The van der Waals surface area contributed by atoms with Gasteiger partial charge in [0.25, 0.3) is 0 Å². The van der Waals surface area contributed by atoms with Crippen LogP contribution in [0.1, 0.15) is 12.8 Å². The number of benzene rings is 1. The smallest absolute Gasteiger partial charge is 0.313 e. The van der Waals surface area contributed by atoms with Gasteiger partial charge in [-0.25, -0.2) is 4.39 Å². The van der Waals surface area contributed by atoms with Gasteiger partial charge in [0.2, 0.25) is 0 Å². The average molecular weight is 350 g/mol. The molecule has 2 atom stereocenters. The van der Waals surface area contributed by atoms with Crippen LogP contribution in [0.4, 0.5) is 29.5 Å². The molecule has 0 aromatic heterocycles. The van der Waals surface area contributed by atoms with Gasteiger partial charge in [0.05, 0.1) is 0 Å². The van der Waals surface area contributed by atoms with Crippen LogP contribution in [0.3, 0.4) is 0 Å². The summed E-state index contributed by atoms with van der Waals surface area (Å²) in [6.45, 7) is 2.27. The van der Waals surface area contributed by atoms with E-state index < -0.39 is 20.9 Å². The van der Waals surface area contributed by atoms with Gasteiger partial charge in [0, 0.05) is 18.3 Å². The Kier molecular flexibility index (Phi) is 4.52. The molecule has 1 fully saturated rings. The van der Waals surface area contributed by atoms with Crippen molar-refractivity contribution in [3.8, 4) is 0 Å². The molecule has 1 aliphatic carbocycles. The average Bonchev–Trinajstić information content (AvgIpc) is 2.38. The summed E-state index contributed by atoms with van der Waals surface area (Å²) in [5, 5.41) is 2.59. The minimum atomic E-state index is -10.0. The van der Waals surface area contributed by atoms with Crippen molar-refractivity contribution in [3.05, 3.63) is 24.0 Å². The maximum Gasteiger partial charge on any atom is 0.313 e. The molecule has 128 valence electrons. The molecular weight excluding hydrogens is 334 g/mol. The predicted molar refractivity (Wildman–Crippen MR) is 74.1 cm³/mol. The third-order valence-electron chi connectivity index (χ3n) is 3.39. The van der Waals surface area contributed by atoms with Crippen molar-refractivity contribution in [3.63, 3.8) is 0 Å². The van der Waals surface area contributed by atoms with Crippen molar-refractivity contribution < 1.29 is 28.6 Å². The zero-order chi connectivity index (χ0) is 17.2. The molecule has 0 radical (unpaired) electrons. The Balaban J connectivity index is 0.00000116. The number of rotatable bonds is 4. The van der Waals surface area contributed by atoms with Crippen molar-refractivity contribution >= 4 is 22.7 Å². The van der Waals surface area contributed by atoms with Crippen molar-refractivity contribution in [2.24, 2.45) is 11.7 Å². The second kappa shape index (κ2) is 5.34. The summed E-state index contributed by atoms with van der Waals surface area (Å²) in [6.07, 6.45) is 1.65. The van der Waals surface area contributed by atoms with Crippen LogP contribution < -0.4 is 11.1 Å². The number of anilines is 1. The fourth-order valence-corrected chi connectivity index (χ4v) is 2.79. The highest BCUT2D eigenvalue weighted by Gasteiger charge is 2.67. The maximum absolute atomic E-state index is 13.1. The van der Waals surface area contributed by atoms with Crippen LogP contribution in [-0.4, -0.2) is 19.4 Å².